The third-order valence-corrected chi connectivity index (χ3v) is 17.6. The number of phenols is 1. The minimum Gasteiger partial charge on any atom is -0.507 e. The molecule has 2 aliphatic rings. The second-order valence-corrected chi connectivity index (χ2v) is 22.0. The lowest BCUT2D eigenvalue weighted by Crippen LogP contribution is -2.66. The van der Waals surface area contributed by atoms with Crippen LogP contribution >= 0.6 is 0 Å². The van der Waals surface area contributed by atoms with Crippen LogP contribution in [0.1, 0.15) is 63.6 Å². The SMILES string of the molecule is C/C(=C\c1ccc(O)c2ccccc12)CC[C@@H](O)C1=C(CO[Si](c2ccccc2)(c2ccccc2)C(C)(C)C)C[C@H]2C(=O)N(c3cc(C(F)(F)F)cc(C(F)(F)F)c3)C(=O)[C@H]2[C@H]1CO. The molecule has 0 radical (unpaired) electrons. The van der Waals surface area contributed by atoms with Crippen LogP contribution in [0.25, 0.3) is 16.8 Å². The van der Waals surface area contributed by atoms with E-state index in [1.165, 1.54) is 0 Å². The van der Waals surface area contributed by atoms with Crippen LogP contribution in [-0.4, -0.2) is 54.8 Å². The van der Waals surface area contributed by atoms with Crippen LogP contribution in [0.2, 0.25) is 5.04 Å². The fourth-order valence-electron chi connectivity index (χ4n) is 9.66. The van der Waals surface area contributed by atoms with Crippen LogP contribution in [0.4, 0.5) is 32.0 Å². The second kappa shape index (κ2) is 17.8. The number of allylic oxidation sites excluding steroid dienone is 1. The molecule has 2 amide bonds. The quantitative estimate of drug-likeness (QED) is 0.0499. The molecule has 1 fully saturated rings. The van der Waals surface area contributed by atoms with E-state index in [2.05, 4.69) is 20.8 Å². The zero-order valence-corrected chi connectivity index (χ0v) is 36.7. The number of fused-ring (bicyclic) bond motifs is 2. The maximum absolute atomic E-state index is 14.4. The Morgan fingerprint density at radius 1 is 0.797 bits per heavy atom. The van der Waals surface area contributed by atoms with Crippen molar-refractivity contribution in [3.05, 3.63) is 149 Å². The molecule has 7 rings (SSSR count). The molecule has 4 atom stereocenters. The maximum atomic E-state index is 14.4. The number of benzene rings is 5. The Kier molecular flexibility index (Phi) is 12.9. The number of aliphatic hydroxyl groups is 2. The van der Waals surface area contributed by atoms with Gasteiger partial charge in [0, 0.05) is 11.3 Å². The van der Waals surface area contributed by atoms with E-state index in [1.54, 1.807) is 18.2 Å². The van der Waals surface area contributed by atoms with Gasteiger partial charge in [-0.25, -0.2) is 4.90 Å². The van der Waals surface area contributed by atoms with E-state index >= 15 is 0 Å². The summed E-state index contributed by atoms with van der Waals surface area (Å²) in [5.41, 5.74) is -1.95. The number of amides is 2. The second-order valence-electron chi connectivity index (χ2n) is 17.7. The Labute approximate surface area is 368 Å². The summed E-state index contributed by atoms with van der Waals surface area (Å²) in [6, 6.07) is 30.7. The van der Waals surface area contributed by atoms with Gasteiger partial charge in [-0.05, 0) is 88.0 Å². The number of hydrogen-bond donors (Lipinski definition) is 3. The summed E-state index contributed by atoms with van der Waals surface area (Å²) in [5, 5.41) is 36.7. The van der Waals surface area contributed by atoms with E-state index in [1.807, 2.05) is 91.9 Å². The standard InChI is InChI=1S/C50H49F6NO6Si/c1-30(23-31-20-22-42(59)39-18-12-11-17-38(31)39)19-21-43(60)44-32(29-63-64(48(2,3)4,36-13-7-5-8-14-36)37-15-9-6-10-16-37)24-40-45(41(44)28-58)47(62)57(46(40)61)35-26-33(49(51,52)53)25-34(27-35)50(54,55)56/h5-18,20,22-23,25-27,40-41,43,45,58-60H,19,21,24,28-29H2,1-4H3/b30-23+/t40-,41+,43-,45-/m1/s1. The van der Waals surface area contributed by atoms with Gasteiger partial charge in [0.05, 0.1) is 48.0 Å². The lowest BCUT2D eigenvalue weighted by atomic mass is 9.68. The normalized spacial score (nSPS) is 19.4. The third kappa shape index (κ3) is 8.80. The molecule has 1 saturated heterocycles. The maximum Gasteiger partial charge on any atom is 0.416 e. The van der Waals surface area contributed by atoms with E-state index in [-0.39, 0.29) is 36.8 Å². The van der Waals surface area contributed by atoms with Crippen LogP contribution in [0.5, 0.6) is 5.75 Å². The van der Waals surface area contributed by atoms with Gasteiger partial charge >= 0.3 is 12.4 Å². The predicted octanol–water partition coefficient (Wildman–Crippen LogP) is 9.82. The highest BCUT2D eigenvalue weighted by Gasteiger charge is 2.57. The van der Waals surface area contributed by atoms with E-state index < -0.39 is 84.8 Å². The third-order valence-electron chi connectivity index (χ3n) is 12.6. The summed E-state index contributed by atoms with van der Waals surface area (Å²) in [4.78, 5) is 29.2. The topological polar surface area (TPSA) is 107 Å². The molecular formula is C50H49F6NO6Si. The molecule has 1 aliphatic carbocycles. The number of rotatable bonds is 12. The van der Waals surface area contributed by atoms with Crippen molar-refractivity contribution in [2.24, 2.45) is 17.8 Å². The lowest BCUT2D eigenvalue weighted by Gasteiger charge is -2.44. The molecule has 5 aromatic rings. The van der Waals surface area contributed by atoms with Crippen LogP contribution in [0, 0.1) is 17.8 Å². The van der Waals surface area contributed by atoms with Crippen LogP contribution in [0.3, 0.4) is 0 Å². The smallest absolute Gasteiger partial charge is 0.416 e. The molecule has 336 valence electrons. The van der Waals surface area contributed by atoms with Crippen molar-refractivity contribution in [2.45, 2.75) is 70.5 Å². The summed E-state index contributed by atoms with van der Waals surface area (Å²) in [7, 11) is -3.30. The zero-order valence-electron chi connectivity index (χ0n) is 35.7. The van der Waals surface area contributed by atoms with Gasteiger partial charge in [0.25, 0.3) is 8.32 Å². The van der Waals surface area contributed by atoms with Crippen LogP contribution in [-0.2, 0) is 26.4 Å². The van der Waals surface area contributed by atoms with Gasteiger partial charge in [0.15, 0.2) is 0 Å². The van der Waals surface area contributed by atoms with E-state index in [9.17, 15) is 51.3 Å². The van der Waals surface area contributed by atoms with E-state index in [0.717, 1.165) is 26.9 Å². The lowest BCUT2D eigenvalue weighted by molar-refractivity contribution is -0.143. The molecule has 1 heterocycles. The average Bonchev–Trinajstić information content (AvgIpc) is 3.51. The minimum absolute atomic E-state index is 0.0744. The molecule has 7 nitrogen and oxygen atoms in total. The fraction of sp³-hybridized carbons (Fsp3) is 0.320. The highest BCUT2D eigenvalue weighted by molar-refractivity contribution is 6.99. The molecule has 0 saturated carbocycles. The fourth-order valence-corrected chi connectivity index (χ4v) is 14.2. The number of phenolic OH excluding ortho intramolecular Hbond substituents is 1. The Hall–Kier alpha value is -5.54. The van der Waals surface area contributed by atoms with Crippen LogP contribution < -0.4 is 15.3 Å². The molecule has 5 aromatic carbocycles. The number of hydrogen-bond acceptors (Lipinski definition) is 6. The molecule has 3 N–H and O–H groups in total. The van der Waals surface area contributed by atoms with Crippen molar-refractivity contribution < 1.29 is 55.7 Å². The Morgan fingerprint density at radius 2 is 1.34 bits per heavy atom. The number of alkyl halides is 6. The van der Waals surface area contributed by atoms with Gasteiger partial charge in [-0.3, -0.25) is 9.59 Å². The van der Waals surface area contributed by atoms with Crippen molar-refractivity contribution >= 4 is 53.0 Å². The summed E-state index contributed by atoms with van der Waals surface area (Å²) < 4.78 is 91.4. The van der Waals surface area contributed by atoms with Gasteiger partial charge in [0.1, 0.15) is 5.75 Å². The first kappa shape index (κ1) is 46.4. The zero-order chi connectivity index (χ0) is 46.4. The molecule has 0 aromatic heterocycles. The number of nitrogens with zero attached hydrogens (tertiary/aromatic N) is 1. The van der Waals surface area contributed by atoms with Gasteiger partial charge < -0.3 is 19.7 Å². The molecule has 64 heavy (non-hydrogen) atoms. The number of aromatic hydroxyl groups is 1. The molecule has 1 aliphatic heterocycles. The molecule has 14 heteroatoms. The van der Waals surface area contributed by atoms with Crippen molar-refractivity contribution in [3.8, 4) is 5.75 Å². The number of aliphatic hydroxyl groups excluding tert-OH is 2. The first-order valence-electron chi connectivity index (χ1n) is 21.0. The molecular weight excluding hydrogens is 853 g/mol. The summed E-state index contributed by atoms with van der Waals surface area (Å²) >= 11 is 0. The first-order valence-corrected chi connectivity index (χ1v) is 22.9. The van der Waals surface area contributed by atoms with Crippen molar-refractivity contribution in [3.63, 3.8) is 0 Å². The molecule has 0 spiro atoms. The number of anilines is 1. The van der Waals surface area contributed by atoms with Gasteiger partial charge in [-0.2, -0.15) is 26.3 Å². The summed E-state index contributed by atoms with van der Waals surface area (Å²) in [5.74, 6) is -5.93. The Morgan fingerprint density at radius 3 is 1.88 bits per heavy atom. The Balaban J connectivity index is 1.31. The van der Waals surface area contributed by atoms with Gasteiger partial charge in [-0.1, -0.05) is 123 Å². The highest BCUT2D eigenvalue weighted by atomic mass is 28.4. The van der Waals surface area contributed by atoms with Crippen molar-refractivity contribution in [1.82, 2.24) is 0 Å². The largest absolute Gasteiger partial charge is 0.507 e. The molecule has 0 unspecified atom stereocenters. The van der Waals surface area contributed by atoms with Gasteiger partial charge in [-0.15, -0.1) is 0 Å². The highest BCUT2D eigenvalue weighted by Crippen LogP contribution is 2.49. The van der Waals surface area contributed by atoms with Crippen molar-refractivity contribution in [1.29, 1.82) is 0 Å². The van der Waals surface area contributed by atoms with E-state index in [4.69, 9.17) is 4.43 Å². The monoisotopic (exact) mass is 901 g/mol. The number of imide groups is 1. The van der Waals surface area contributed by atoms with E-state index in [0.29, 0.717) is 34.4 Å². The minimum atomic E-state index is -5.24. The van der Waals surface area contributed by atoms with Gasteiger partial charge in [0.2, 0.25) is 11.8 Å². The molecule has 0 bridgehead atoms. The van der Waals surface area contributed by atoms with Crippen molar-refractivity contribution in [2.75, 3.05) is 18.1 Å². The number of carbonyl (C=O) groups excluding carboxylic acids is 2. The van der Waals surface area contributed by atoms with Crippen LogP contribution in [0.15, 0.2) is 132 Å². The predicted molar refractivity (Wildman–Crippen MR) is 236 cm³/mol. The average molecular weight is 902 g/mol. The Bertz CT molecular complexity index is 2530. The number of carbonyl (C=O) groups is 2. The number of halogens is 6. The summed E-state index contributed by atoms with van der Waals surface area (Å²) in [6.07, 6.45) is -9.69. The first-order chi connectivity index (χ1) is 30.2. The summed E-state index contributed by atoms with van der Waals surface area (Å²) in [6.45, 7) is 7.11.